The van der Waals surface area contributed by atoms with Crippen LogP contribution >= 0.6 is 0 Å². The standard InChI is InChI=1S/C26H26/c1-25(23-17-9-10-18-23,21-13-5-3-6-14-21)26(2,24-19-11-12-20-24)22-15-7-4-8-16-22/h3-11,13-20,23H,12H2,1-2H3. The zero-order chi connectivity index (χ0) is 18.0. The maximum Gasteiger partial charge on any atom is 0.0274 e. The minimum absolute atomic E-state index is 0.0976. The van der Waals surface area contributed by atoms with Crippen molar-refractivity contribution in [3.05, 3.63) is 120 Å². The molecule has 2 atom stereocenters. The van der Waals surface area contributed by atoms with Gasteiger partial charge in [-0.3, -0.25) is 0 Å². The maximum absolute atomic E-state index is 2.44. The first-order chi connectivity index (χ1) is 12.7. The predicted octanol–water partition coefficient (Wildman–Crippen LogP) is 6.53. The van der Waals surface area contributed by atoms with Gasteiger partial charge in [-0.2, -0.15) is 0 Å². The molecule has 0 saturated heterocycles. The van der Waals surface area contributed by atoms with Gasteiger partial charge in [0.1, 0.15) is 0 Å². The summed E-state index contributed by atoms with van der Waals surface area (Å²) < 4.78 is 0. The van der Waals surface area contributed by atoms with E-state index in [1.54, 1.807) is 0 Å². The number of hydrogen-bond donors (Lipinski definition) is 0. The first kappa shape index (κ1) is 16.8. The average Bonchev–Trinajstić information content (AvgIpc) is 3.42. The minimum Gasteiger partial charge on any atom is -0.0804 e. The first-order valence-corrected chi connectivity index (χ1v) is 9.50. The largest absolute Gasteiger partial charge is 0.0804 e. The van der Waals surface area contributed by atoms with Gasteiger partial charge in [-0.15, -0.1) is 0 Å². The van der Waals surface area contributed by atoms with Crippen molar-refractivity contribution in [2.75, 3.05) is 0 Å². The van der Waals surface area contributed by atoms with Crippen LogP contribution in [-0.4, -0.2) is 0 Å². The van der Waals surface area contributed by atoms with Crippen LogP contribution in [-0.2, 0) is 10.8 Å². The third kappa shape index (κ3) is 2.44. The molecule has 2 aromatic carbocycles. The summed E-state index contributed by atoms with van der Waals surface area (Å²) in [5.41, 5.74) is 3.95. The SMILES string of the molecule is CC(C1=CCC=C1)(c1ccccc1)C(C)(c1ccccc1)C1C=CC=C1. The summed E-state index contributed by atoms with van der Waals surface area (Å²) in [6, 6.07) is 22.0. The molecular weight excluding hydrogens is 312 g/mol. The zero-order valence-corrected chi connectivity index (χ0v) is 15.6. The third-order valence-corrected chi connectivity index (χ3v) is 6.53. The van der Waals surface area contributed by atoms with Crippen molar-refractivity contribution in [3.63, 3.8) is 0 Å². The molecule has 130 valence electrons. The highest BCUT2D eigenvalue weighted by molar-refractivity contribution is 5.53. The van der Waals surface area contributed by atoms with Gasteiger partial charge in [0.05, 0.1) is 0 Å². The normalized spacial score (nSPS) is 20.8. The van der Waals surface area contributed by atoms with Crippen LogP contribution in [0.2, 0.25) is 0 Å². The predicted molar refractivity (Wildman–Crippen MR) is 111 cm³/mol. The Balaban J connectivity index is 2.01. The summed E-state index contributed by atoms with van der Waals surface area (Å²) in [5.74, 6) is 0.352. The van der Waals surface area contributed by atoms with Crippen molar-refractivity contribution >= 4 is 0 Å². The average molecular weight is 338 g/mol. The summed E-state index contributed by atoms with van der Waals surface area (Å²) in [6.07, 6.45) is 17.1. The van der Waals surface area contributed by atoms with Gasteiger partial charge >= 0.3 is 0 Å². The van der Waals surface area contributed by atoms with E-state index < -0.39 is 0 Å². The van der Waals surface area contributed by atoms with Crippen molar-refractivity contribution in [1.82, 2.24) is 0 Å². The van der Waals surface area contributed by atoms with Gasteiger partial charge in [0.15, 0.2) is 0 Å². The van der Waals surface area contributed by atoms with Gasteiger partial charge in [0.25, 0.3) is 0 Å². The number of hydrogen-bond acceptors (Lipinski definition) is 0. The van der Waals surface area contributed by atoms with Crippen LogP contribution in [0.4, 0.5) is 0 Å². The van der Waals surface area contributed by atoms with E-state index in [2.05, 4.69) is 117 Å². The maximum atomic E-state index is 2.44. The lowest BCUT2D eigenvalue weighted by molar-refractivity contribution is 0.258. The second-order valence-corrected chi connectivity index (χ2v) is 7.65. The highest BCUT2D eigenvalue weighted by atomic mass is 14.5. The van der Waals surface area contributed by atoms with Crippen molar-refractivity contribution in [1.29, 1.82) is 0 Å². The lowest BCUT2D eigenvalue weighted by atomic mass is 9.51. The van der Waals surface area contributed by atoms with E-state index >= 15 is 0 Å². The molecule has 0 spiro atoms. The Morgan fingerprint density at radius 3 is 1.88 bits per heavy atom. The lowest BCUT2D eigenvalue weighted by Gasteiger charge is -2.51. The van der Waals surface area contributed by atoms with Gasteiger partial charge in [-0.1, -0.05) is 117 Å². The van der Waals surface area contributed by atoms with Crippen LogP contribution in [0.25, 0.3) is 0 Å². The topological polar surface area (TPSA) is 0 Å². The summed E-state index contributed by atoms with van der Waals surface area (Å²) in [6.45, 7) is 4.86. The van der Waals surface area contributed by atoms with Crippen molar-refractivity contribution < 1.29 is 0 Å². The van der Waals surface area contributed by atoms with Crippen LogP contribution in [0, 0.1) is 5.92 Å². The molecular formula is C26H26. The van der Waals surface area contributed by atoms with Crippen LogP contribution in [0.3, 0.4) is 0 Å². The molecule has 0 aromatic heterocycles. The van der Waals surface area contributed by atoms with Gasteiger partial charge in [0, 0.05) is 16.7 Å². The van der Waals surface area contributed by atoms with E-state index in [1.165, 1.54) is 16.7 Å². The van der Waals surface area contributed by atoms with E-state index in [0.717, 1.165) is 6.42 Å². The fourth-order valence-electron chi connectivity index (χ4n) is 4.78. The van der Waals surface area contributed by atoms with E-state index in [1.807, 2.05) is 0 Å². The van der Waals surface area contributed by atoms with Crippen molar-refractivity contribution in [2.24, 2.45) is 5.92 Å². The second kappa shape index (κ2) is 6.61. The number of benzene rings is 2. The zero-order valence-electron chi connectivity index (χ0n) is 15.6. The van der Waals surface area contributed by atoms with Gasteiger partial charge < -0.3 is 0 Å². The van der Waals surface area contributed by atoms with Crippen LogP contribution in [0.5, 0.6) is 0 Å². The summed E-state index contributed by atoms with van der Waals surface area (Å²) in [4.78, 5) is 0. The van der Waals surface area contributed by atoms with Gasteiger partial charge in [-0.25, -0.2) is 0 Å². The Morgan fingerprint density at radius 2 is 1.35 bits per heavy atom. The van der Waals surface area contributed by atoms with Crippen LogP contribution < -0.4 is 0 Å². The van der Waals surface area contributed by atoms with Crippen molar-refractivity contribution in [2.45, 2.75) is 31.1 Å². The molecule has 2 aliphatic rings. The fourth-order valence-corrected chi connectivity index (χ4v) is 4.78. The summed E-state index contributed by atoms with van der Waals surface area (Å²) >= 11 is 0. The second-order valence-electron chi connectivity index (χ2n) is 7.65. The lowest BCUT2D eigenvalue weighted by Crippen LogP contribution is -2.50. The molecule has 0 aliphatic heterocycles. The molecule has 2 aliphatic carbocycles. The highest BCUT2D eigenvalue weighted by Crippen LogP contribution is 2.55. The molecule has 0 bridgehead atoms. The minimum atomic E-state index is -0.133. The fraction of sp³-hybridized carbons (Fsp3) is 0.231. The molecule has 0 heterocycles. The molecule has 2 unspecified atom stereocenters. The van der Waals surface area contributed by atoms with Gasteiger partial charge in [0.2, 0.25) is 0 Å². The van der Waals surface area contributed by atoms with E-state index in [0.29, 0.717) is 5.92 Å². The molecule has 0 fully saturated rings. The molecule has 0 amide bonds. The number of allylic oxidation sites excluding steroid dienone is 8. The monoisotopic (exact) mass is 338 g/mol. The summed E-state index contributed by atoms with van der Waals surface area (Å²) in [7, 11) is 0. The quantitative estimate of drug-likeness (QED) is 0.581. The first-order valence-electron chi connectivity index (χ1n) is 9.50. The third-order valence-electron chi connectivity index (χ3n) is 6.53. The Bertz CT molecular complexity index is 870. The molecule has 0 N–H and O–H groups in total. The molecule has 2 aromatic rings. The Labute approximate surface area is 157 Å². The Morgan fingerprint density at radius 1 is 0.769 bits per heavy atom. The van der Waals surface area contributed by atoms with Crippen molar-refractivity contribution in [3.8, 4) is 0 Å². The summed E-state index contributed by atoms with van der Waals surface area (Å²) in [5, 5.41) is 0. The Kier molecular flexibility index (Phi) is 4.28. The highest BCUT2D eigenvalue weighted by Gasteiger charge is 2.52. The molecule has 0 heteroatoms. The van der Waals surface area contributed by atoms with E-state index in [9.17, 15) is 0 Å². The van der Waals surface area contributed by atoms with E-state index in [-0.39, 0.29) is 10.8 Å². The molecule has 26 heavy (non-hydrogen) atoms. The van der Waals surface area contributed by atoms with E-state index in [4.69, 9.17) is 0 Å². The molecule has 0 radical (unpaired) electrons. The molecule has 0 nitrogen and oxygen atoms in total. The smallest absolute Gasteiger partial charge is 0.0274 e. The van der Waals surface area contributed by atoms with Crippen LogP contribution in [0.1, 0.15) is 31.4 Å². The Hall–Kier alpha value is -2.60. The van der Waals surface area contributed by atoms with Crippen LogP contribution in [0.15, 0.2) is 109 Å². The molecule has 0 saturated carbocycles. The number of rotatable bonds is 5. The van der Waals surface area contributed by atoms with Gasteiger partial charge in [-0.05, 0) is 23.1 Å². The molecule has 4 rings (SSSR count).